The minimum absolute atomic E-state index is 0.0355. The number of rotatable bonds is 6. The van der Waals surface area contributed by atoms with Gasteiger partial charge in [0.1, 0.15) is 0 Å². The Morgan fingerprint density at radius 1 is 1.07 bits per heavy atom. The molecule has 1 unspecified atom stereocenters. The summed E-state index contributed by atoms with van der Waals surface area (Å²) in [5, 5.41) is 11.5. The third-order valence-corrected chi connectivity index (χ3v) is 5.58. The van der Waals surface area contributed by atoms with Gasteiger partial charge in [0.25, 0.3) is 0 Å². The van der Waals surface area contributed by atoms with E-state index in [9.17, 15) is 4.79 Å². The summed E-state index contributed by atoms with van der Waals surface area (Å²) in [5.41, 5.74) is 2.05. The van der Waals surface area contributed by atoms with Crippen molar-refractivity contribution in [1.29, 1.82) is 0 Å². The Kier molecular flexibility index (Phi) is 6.00. The number of nitrogens with zero attached hydrogens (tertiary/aromatic N) is 3. The second kappa shape index (κ2) is 9.01. The summed E-state index contributed by atoms with van der Waals surface area (Å²) in [6.45, 7) is 4.35. The van der Waals surface area contributed by atoms with Crippen LogP contribution in [0.5, 0.6) is 0 Å². The molecule has 0 spiro atoms. The minimum Gasteiger partial charge on any atom is -0.419 e. The number of piperidine rings is 1. The van der Waals surface area contributed by atoms with E-state index in [-0.39, 0.29) is 17.9 Å². The average Bonchev–Trinajstić information content (AvgIpc) is 3.29. The van der Waals surface area contributed by atoms with E-state index < -0.39 is 0 Å². The zero-order valence-corrected chi connectivity index (χ0v) is 16.6. The van der Waals surface area contributed by atoms with E-state index in [2.05, 4.69) is 27.3 Å². The molecule has 4 rings (SSSR count). The van der Waals surface area contributed by atoms with Crippen LogP contribution >= 0.6 is 0 Å². The molecule has 1 N–H and O–H groups in total. The van der Waals surface area contributed by atoms with Gasteiger partial charge in [-0.05, 0) is 50.6 Å². The van der Waals surface area contributed by atoms with Crippen LogP contribution in [0.4, 0.5) is 0 Å². The molecule has 0 radical (unpaired) electrons. The number of hydrogen-bond acceptors (Lipinski definition) is 5. The van der Waals surface area contributed by atoms with E-state index in [0.717, 1.165) is 37.1 Å². The Balaban J connectivity index is 1.29. The van der Waals surface area contributed by atoms with Crippen LogP contribution in [-0.2, 0) is 11.3 Å². The minimum atomic E-state index is 0.0355. The van der Waals surface area contributed by atoms with Gasteiger partial charge in [-0.15, -0.1) is 10.2 Å². The molecule has 6 heteroatoms. The van der Waals surface area contributed by atoms with Gasteiger partial charge in [0.05, 0.1) is 6.04 Å². The van der Waals surface area contributed by atoms with Gasteiger partial charge in [-0.25, -0.2) is 0 Å². The lowest BCUT2D eigenvalue weighted by Gasteiger charge is -2.34. The van der Waals surface area contributed by atoms with Crippen molar-refractivity contribution in [2.24, 2.45) is 5.92 Å². The van der Waals surface area contributed by atoms with Crippen LogP contribution < -0.4 is 5.32 Å². The molecule has 0 bridgehead atoms. The van der Waals surface area contributed by atoms with Crippen molar-refractivity contribution >= 4 is 5.91 Å². The molecule has 0 saturated carbocycles. The van der Waals surface area contributed by atoms with Gasteiger partial charge in [-0.2, -0.15) is 0 Å². The number of benzene rings is 2. The van der Waals surface area contributed by atoms with Crippen molar-refractivity contribution in [3.8, 4) is 11.5 Å². The summed E-state index contributed by atoms with van der Waals surface area (Å²) >= 11 is 0. The summed E-state index contributed by atoms with van der Waals surface area (Å²) in [5.74, 6) is 1.37. The summed E-state index contributed by atoms with van der Waals surface area (Å²) < 4.78 is 5.90. The SMILES string of the molecule is CC(c1nnc(-c2ccccc2)o1)N1CCC(C(=O)NCc2ccccc2)CC1. The van der Waals surface area contributed by atoms with Crippen molar-refractivity contribution in [1.82, 2.24) is 20.4 Å². The number of amides is 1. The fourth-order valence-electron chi connectivity index (χ4n) is 3.74. The molecule has 1 aromatic heterocycles. The van der Waals surface area contributed by atoms with Crippen molar-refractivity contribution in [3.05, 3.63) is 72.1 Å². The molecular weight excluding hydrogens is 364 g/mol. The molecule has 2 aromatic carbocycles. The molecule has 1 atom stereocenters. The first-order chi connectivity index (χ1) is 14.2. The highest BCUT2D eigenvalue weighted by atomic mass is 16.4. The van der Waals surface area contributed by atoms with Crippen LogP contribution in [0.2, 0.25) is 0 Å². The Hall–Kier alpha value is -2.99. The maximum absolute atomic E-state index is 12.5. The van der Waals surface area contributed by atoms with E-state index in [0.29, 0.717) is 18.3 Å². The summed E-state index contributed by atoms with van der Waals surface area (Å²) in [4.78, 5) is 14.8. The molecule has 1 saturated heterocycles. The third-order valence-electron chi connectivity index (χ3n) is 5.58. The Morgan fingerprint density at radius 2 is 1.72 bits per heavy atom. The van der Waals surface area contributed by atoms with Gasteiger partial charge in [0.2, 0.25) is 17.7 Å². The second-order valence-electron chi connectivity index (χ2n) is 7.50. The average molecular weight is 390 g/mol. The summed E-state index contributed by atoms with van der Waals surface area (Å²) in [6, 6.07) is 19.8. The van der Waals surface area contributed by atoms with Gasteiger partial charge in [0, 0.05) is 18.0 Å². The van der Waals surface area contributed by atoms with Gasteiger partial charge < -0.3 is 9.73 Å². The van der Waals surface area contributed by atoms with Crippen LogP contribution in [0, 0.1) is 5.92 Å². The van der Waals surface area contributed by atoms with Gasteiger partial charge in [-0.3, -0.25) is 9.69 Å². The molecular formula is C23H26N4O2. The monoisotopic (exact) mass is 390 g/mol. The zero-order chi connectivity index (χ0) is 20.1. The van der Waals surface area contributed by atoms with Crippen LogP contribution in [0.25, 0.3) is 11.5 Å². The van der Waals surface area contributed by atoms with Gasteiger partial charge in [0.15, 0.2) is 0 Å². The predicted molar refractivity (Wildman–Crippen MR) is 111 cm³/mol. The quantitative estimate of drug-likeness (QED) is 0.693. The van der Waals surface area contributed by atoms with E-state index in [4.69, 9.17) is 4.42 Å². The fourth-order valence-corrected chi connectivity index (χ4v) is 3.74. The van der Waals surface area contributed by atoms with E-state index in [1.54, 1.807) is 0 Å². The first-order valence-corrected chi connectivity index (χ1v) is 10.1. The van der Waals surface area contributed by atoms with E-state index in [1.807, 2.05) is 60.7 Å². The van der Waals surface area contributed by atoms with Crippen molar-refractivity contribution in [2.75, 3.05) is 13.1 Å². The number of aromatic nitrogens is 2. The number of nitrogens with one attached hydrogen (secondary N) is 1. The van der Waals surface area contributed by atoms with Gasteiger partial charge in [-0.1, -0.05) is 48.5 Å². The molecule has 150 valence electrons. The number of hydrogen-bond donors (Lipinski definition) is 1. The summed E-state index contributed by atoms with van der Waals surface area (Å²) in [7, 11) is 0. The number of carbonyl (C=O) groups is 1. The maximum Gasteiger partial charge on any atom is 0.247 e. The lowest BCUT2D eigenvalue weighted by Crippen LogP contribution is -2.41. The smallest absolute Gasteiger partial charge is 0.247 e. The van der Waals surface area contributed by atoms with Crippen LogP contribution in [-0.4, -0.2) is 34.1 Å². The van der Waals surface area contributed by atoms with Crippen molar-refractivity contribution in [3.63, 3.8) is 0 Å². The number of likely N-dealkylation sites (tertiary alicyclic amines) is 1. The Morgan fingerprint density at radius 3 is 2.41 bits per heavy atom. The van der Waals surface area contributed by atoms with Crippen LogP contribution in [0.15, 0.2) is 65.1 Å². The molecule has 29 heavy (non-hydrogen) atoms. The Labute approximate surface area is 170 Å². The molecule has 1 amide bonds. The standard InChI is InChI=1S/C23H26N4O2/c1-17(22-25-26-23(29-22)20-10-6-3-7-11-20)27-14-12-19(13-15-27)21(28)24-16-18-8-4-2-5-9-18/h2-11,17,19H,12-16H2,1H3,(H,24,28). The molecule has 3 aromatic rings. The second-order valence-corrected chi connectivity index (χ2v) is 7.50. The van der Waals surface area contributed by atoms with Gasteiger partial charge >= 0.3 is 0 Å². The molecule has 1 aliphatic heterocycles. The highest BCUT2D eigenvalue weighted by molar-refractivity contribution is 5.78. The van der Waals surface area contributed by atoms with Crippen molar-refractivity contribution in [2.45, 2.75) is 32.4 Å². The van der Waals surface area contributed by atoms with Crippen molar-refractivity contribution < 1.29 is 9.21 Å². The first-order valence-electron chi connectivity index (χ1n) is 10.1. The summed E-state index contributed by atoms with van der Waals surface area (Å²) in [6.07, 6.45) is 1.68. The molecule has 1 fully saturated rings. The molecule has 1 aliphatic rings. The maximum atomic E-state index is 12.5. The molecule has 6 nitrogen and oxygen atoms in total. The Bertz CT molecular complexity index is 918. The molecule has 2 heterocycles. The third kappa shape index (κ3) is 4.71. The van der Waals surface area contributed by atoms with E-state index in [1.165, 1.54) is 0 Å². The van der Waals surface area contributed by atoms with Crippen LogP contribution in [0.1, 0.15) is 37.3 Å². The predicted octanol–water partition coefficient (Wildman–Crippen LogP) is 3.83. The topological polar surface area (TPSA) is 71.3 Å². The first kappa shape index (κ1) is 19.3. The lowest BCUT2D eigenvalue weighted by molar-refractivity contribution is -0.126. The lowest BCUT2D eigenvalue weighted by atomic mass is 9.95. The normalized spacial score (nSPS) is 16.4. The zero-order valence-electron chi connectivity index (χ0n) is 16.6. The van der Waals surface area contributed by atoms with E-state index >= 15 is 0 Å². The highest BCUT2D eigenvalue weighted by Gasteiger charge is 2.29. The van der Waals surface area contributed by atoms with Crippen LogP contribution in [0.3, 0.4) is 0 Å². The fraction of sp³-hybridized carbons (Fsp3) is 0.348. The highest BCUT2D eigenvalue weighted by Crippen LogP contribution is 2.28. The molecule has 0 aliphatic carbocycles. The number of carbonyl (C=O) groups excluding carboxylic acids is 1. The largest absolute Gasteiger partial charge is 0.419 e.